The van der Waals surface area contributed by atoms with Crippen LogP contribution in [0.2, 0.25) is 0 Å². The average Bonchev–Trinajstić information content (AvgIpc) is 2.65. The molecule has 1 fully saturated rings. The molecular weight excluding hydrogens is 268 g/mol. The molecule has 1 aliphatic heterocycles. The molecule has 1 aromatic carbocycles. The van der Waals surface area contributed by atoms with Crippen LogP contribution in [0.1, 0.15) is 31.9 Å². The third kappa shape index (κ3) is 3.08. The van der Waals surface area contributed by atoms with Crippen LogP contribution in [-0.2, 0) is 9.59 Å². The Balaban J connectivity index is 2.19. The van der Waals surface area contributed by atoms with Crippen molar-refractivity contribution in [1.29, 1.82) is 0 Å². The number of amides is 2. The molecule has 1 atom stereocenters. The number of nitrogens with zero attached hydrogens (tertiary/aromatic N) is 1. The predicted octanol–water partition coefficient (Wildman–Crippen LogP) is 1.74. The van der Waals surface area contributed by atoms with E-state index in [1.54, 1.807) is 7.11 Å². The number of imide groups is 1. The molecule has 0 aromatic heterocycles. The average molecular weight is 290 g/mol. The summed E-state index contributed by atoms with van der Waals surface area (Å²) in [5, 5.41) is 3.16. The van der Waals surface area contributed by atoms with Gasteiger partial charge in [-0.25, -0.2) is 0 Å². The number of nitrogens with one attached hydrogen (secondary N) is 1. The monoisotopic (exact) mass is 290 g/mol. The molecule has 1 aromatic rings. The number of hydrogen-bond acceptors (Lipinski definition) is 4. The molecule has 0 spiro atoms. The minimum absolute atomic E-state index is 0.101. The van der Waals surface area contributed by atoms with Gasteiger partial charge in [-0.15, -0.1) is 0 Å². The zero-order chi connectivity index (χ0) is 15.6. The van der Waals surface area contributed by atoms with Gasteiger partial charge >= 0.3 is 0 Å². The second kappa shape index (κ2) is 5.85. The second-order valence-corrected chi connectivity index (χ2v) is 5.99. The molecule has 21 heavy (non-hydrogen) atoms. The van der Waals surface area contributed by atoms with Gasteiger partial charge in [0, 0.05) is 13.0 Å². The predicted molar refractivity (Wildman–Crippen MR) is 79.9 cm³/mol. The molecule has 1 unspecified atom stereocenters. The summed E-state index contributed by atoms with van der Waals surface area (Å²) in [5.74, 6) is 0.552. The van der Waals surface area contributed by atoms with E-state index in [1.165, 1.54) is 4.90 Å². The third-order valence-electron chi connectivity index (χ3n) is 3.93. The fourth-order valence-electron chi connectivity index (χ4n) is 2.62. The highest BCUT2D eigenvalue weighted by molar-refractivity contribution is 6.05. The molecule has 1 aliphatic rings. The van der Waals surface area contributed by atoms with Gasteiger partial charge in [-0.05, 0) is 24.7 Å². The number of likely N-dealkylation sites (N-methyl/N-ethyl adjacent to an activating group) is 1. The molecule has 1 heterocycles. The van der Waals surface area contributed by atoms with E-state index in [2.05, 4.69) is 5.32 Å². The van der Waals surface area contributed by atoms with Gasteiger partial charge in [-0.1, -0.05) is 26.0 Å². The molecular formula is C16H22N2O3. The van der Waals surface area contributed by atoms with E-state index in [0.717, 1.165) is 11.3 Å². The lowest BCUT2D eigenvalue weighted by Gasteiger charge is -2.24. The van der Waals surface area contributed by atoms with Crippen molar-refractivity contribution in [2.75, 3.05) is 20.7 Å². The first-order valence-electron chi connectivity index (χ1n) is 7.05. The summed E-state index contributed by atoms with van der Waals surface area (Å²) in [6.45, 7) is 3.96. The Hall–Kier alpha value is -1.88. The molecule has 0 radical (unpaired) electrons. The van der Waals surface area contributed by atoms with Crippen LogP contribution in [0.25, 0.3) is 0 Å². The molecule has 2 amide bonds. The molecule has 1 saturated heterocycles. The van der Waals surface area contributed by atoms with Crippen molar-refractivity contribution in [3.8, 4) is 5.75 Å². The number of carbonyl (C=O) groups excluding carboxylic acids is 2. The van der Waals surface area contributed by atoms with Crippen molar-refractivity contribution in [3.63, 3.8) is 0 Å². The minimum Gasteiger partial charge on any atom is -0.497 e. The number of ether oxygens (including phenoxy) is 1. The number of carbonyl (C=O) groups is 2. The van der Waals surface area contributed by atoms with E-state index in [0.29, 0.717) is 6.54 Å². The van der Waals surface area contributed by atoms with E-state index in [9.17, 15) is 9.59 Å². The lowest BCUT2D eigenvalue weighted by atomic mass is 9.92. The van der Waals surface area contributed by atoms with Gasteiger partial charge in [0.1, 0.15) is 5.75 Å². The summed E-state index contributed by atoms with van der Waals surface area (Å²) < 4.78 is 5.22. The van der Waals surface area contributed by atoms with E-state index < -0.39 is 5.41 Å². The number of hydrogen-bond donors (Lipinski definition) is 1. The van der Waals surface area contributed by atoms with Crippen molar-refractivity contribution < 1.29 is 14.3 Å². The van der Waals surface area contributed by atoms with Gasteiger partial charge in [0.05, 0.1) is 18.6 Å². The van der Waals surface area contributed by atoms with Gasteiger partial charge in [-0.3, -0.25) is 14.5 Å². The van der Waals surface area contributed by atoms with Gasteiger partial charge in [0.2, 0.25) is 11.8 Å². The fourth-order valence-corrected chi connectivity index (χ4v) is 2.62. The van der Waals surface area contributed by atoms with Crippen LogP contribution in [0.4, 0.5) is 0 Å². The normalized spacial score (nSPS) is 19.0. The Morgan fingerprint density at radius 3 is 2.62 bits per heavy atom. The Morgan fingerprint density at radius 2 is 2.10 bits per heavy atom. The van der Waals surface area contributed by atoms with Crippen LogP contribution >= 0.6 is 0 Å². The molecule has 0 saturated carbocycles. The van der Waals surface area contributed by atoms with Gasteiger partial charge in [0.15, 0.2) is 0 Å². The van der Waals surface area contributed by atoms with E-state index in [4.69, 9.17) is 4.74 Å². The van der Waals surface area contributed by atoms with Crippen molar-refractivity contribution in [2.45, 2.75) is 26.3 Å². The summed E-state index contributed by atoms with van der Waals surface area (Å²) in [7, 11) is 3.43. The lowest BCUT2D eigenvalue weighted by Crippen LogP contribution is -2.39. The summed E-state index contributed by atoms with van der Waals surface area (Å²) >= 11 is 0. The van der Waals surface area contributed by atoms with Crippen LogP contribution in [0.3, 0.4) is 0 Å². The number of benzene rings is 1. The summed E-state index contributed by atoms with van der Waals surface area (Å²) in [4.78, 5) is 25.7. The van der Waals surface area contributed by atoms with Crippen molar-refractivity contribution in [1.82, 2.24) is 10.2 Å². The van der Waals surface area contributed by atoms with E-state index >= 15 is 0 Å². The Kier molecular flexibility index (Phi) is 4.32. The molecule has 5 heteroatoms. The lowest BCUT2D eigenvalue weighted by molar-refractivity contribution is -0.141. The molecule has 0 bridgehead atoms. The number of likely N-dealkylation sites (tertiary alicyclic amines) is 1. The second-order valence-electron chi connectivity index (χ2n) is 5.99. The van der Waals surface area contributed by atoms with Crippen LogP contribution in [0.15, 0.2) is 24.3 Å². The minimum atomic E-state index is -0.593. The zero-order valence-electron chi connectivity index (χ0n) is 13.0. The highest BCUT2D eigenvalue weighted by Crippen LogP contribution is 2.33. The topological polar surface area (TPSA) is 58.6 Å². The van der Waals surface area contributed by atoms with Gasteiger partial charge in [0.25, 0.3) is 0 Å². The molecule has 0 aliphatic carbocycles. The molecule has 2 rings (SSSR count). The van der Waals surface area contributed by atoms with Crippen LogP contribution in [0.5, 0.6) is 5.75 Å². The maximum absolute atomic E-state index is 12.3. The fraction of sp³-hybridized carbons (Fsp3) is 0.500. The summed E-state index contributed by atoms with van der Waals surface area (Å²) in [6.07, 6.45) is 0.278. The summed E-state index contributed by atoms with van der Waals surface area (Å²) in [5.41, 5.74) is 0.395. The Labute approximate surface area is 125 Å². The van der Waals surface area contributed by atoms with E-state index in [1.807, 2.05) is 45.2 Å². The maximum atomic E-state index is 12.3. The zero-order valence-corrected chi connectivity index (χ0v) is 13.0. The molecule has 1 N–H and O–H groups in total. The highest BCUT2D eigenvalue weighted by Gasteiger charge is 2.45. The first-order valence-corrected chi connectivity index (χ1v) is 7.05. The largest absolute Gasteiger partial charge is 0.497 e. The van der Waals surface area contributed by atoms with Crippen LogP contribution in [0, 0.1) is 5.41 Å². The third-order valence-corrected chi connectivity index (χ3v) is 3.93. The summed E-state index contributed by atoms with van der Waals surface area (Å²) in [6, 6.07) is 7.53. The van der Waals surface area contributed by atoms with E-state index in [-0.39, 0.29) is 24.3 Å². The van der Waals surface area contributed by atoms with Crippen molar-refractivity contribution in [2.24, 2.45) is 5.41 Å². The van der Waals surface area contributed by atoms with Crippen LogP contribution in [-0.4, -0.2) is 37.4 Å². The Bertz CT molecular complexity index is 554. The Morgan fingerprint density at radius 1 is 1.38 bits per heavy atom. The SMILES string of the molecule is CNC(CN1C(=O)CC(C)(C)C1=O)c1cccc(OC)c1. The van der Waals surface area contributed by atoms with Gasteiger partial charge < -0.3 is 10.1 Å². The number of methoxy groups -OCH3 is 1. The highest BCUT2D eigenvalue weighted by atomic mass is 16.5. The molecule has 114 valence electrons. The first kappa shape index (κ1) is 15.5. The smallest absolute Gasteiger partial charge is 0.235 e. The van der Waals surface area contributed by atoms with Crippen molar-refractivity contribution in [3.05, 3.63) is 29.8 Å². The quantitative estimate of drug-likeness (QED) is 0.839. The number of rotatable bonds is 5. The maximum Gasteiger partial charge on any atom is 0.235 e. The standard InChI is InChI=1S/C16H22N2O3/c1-16(2)9-14(19)18(15(16)20)10-13(17-3)11-6-5-7-12(8-11)21-4/h5-8,13,17H,9-10H2,1-4H3. The molecule has 5 nitrogen and oxygen atoms in total. The van der Waals surface area contributed by atoms with Crippen molar-refractivity contribution >= 4 is 11.8 Å². The van der Waals surface area contributed by atoms with Gasteiger partial charge in [-0.2, -0.15) is 0 Å². The van der Waals surface area contributed by atoms with Crippen LogP contribution < -0.4 is 10.1 Å². The first-order chi connectivity index (χ1) is 9.89.